The number of fused-ring (bicyclic) bond motifs is 1. The fourth-order valence-corrected chi connectivity index (χ4v) is 3.82. The minimum atomic E-state index is -0.248. The van der Waals surface area contributed by atoms with Gasteiger partial charge in [-0.2, -0.15) is 5.10 Å². The minimum Gasteiger partial charge on any atom is -0.355 e. The Balaban J connectivity index is 1.55. The smallest absolute Gasteiger partial charge is 0.147 e. The van der Waals surface area contributed by atoms with E-state index < -0.39 is 0 Å². The molecular weight excluding hydrogens is 367 g/mol. The van der Waals surface area contributed by atoms with Crippen LogP contribution in [0.15, 0.2) is 54.9 Å². The lowest BCUT2D eigenvalue weighted by atomic mass is 10.0. The Morgan fingerprint density at radius 2 is 1.90 bits per heavy atom. The van der Waals surface area contributed by atoms with E-state index in [-0.39, 0.29) is 11.9 Å². The largest absolute Gasteiger partial charge is 0.355 e. The third kappa shape index (κ3) is 3.34. The van der Waals surface area contributed by atoms with Gasteiger partial charge in [0.25, 0.3) is 0 Å². The number of rotatable bonds is 3. The van der Waals surface area contributed by atoms with Gasteiger partial charge >= 0.3 is 0 Å². The summed E-state index contributed by atoms with van der Waals surface area (Å²) in [5, 5.41) is 8.39. The lowest BCUT2D eigenvalue weighted by Crippen LogP contribution is -2.40. The summed E-state index contributed by atoms with van der Waals surface area (Å²) in [6.45, 7) is 1.75. The molecule has 0 amide bonds. The summed E-state index contributed by atoms with van der Waals surface area (Å²) < 4.78 is 14.3. The van der Waals surface area contributed by atoms with Crippen LogP contribution in [-0.2, 0) is 0 Å². The highest BCUT2D eigenvalue weighted by Crippen LogP contribution is 2.31. The molecule has 2 aromatic heterocycles. The minimum absolute atomic E-state index is 0.248. The Bertz CT molecular complexity index is 1160. The number of H-pyrrole nitrogens is 1. The summed E-state index contributed by atoms with van der Waals surface area (Å²) in [7, 11) is 0. The first-order valence-electron chi connectivity index (χ1n) is 9.75. The topological polar surface area (TPSA) is 83.7 Å². The third-order valence-corrected chi connectivity index (χ3v) is 5.48. The van der Waals surface area contributed by atoms with Gasteiger partial charge in [0.15, 0.2) is 0 Å². The average molecular weight is 388 g/mol. The number of hydrogen-bond acceptors (Lipinski definition) is 5. The van der Waals surface area contributed by atoms with Crippen LogP contribution in [0, 0.1) is 5.82 Å². The first-order chi connectivity index (χ1) is 14.2. The number of anilines is 1. The molecule has 0 saturated carbocycles. The van der Waals surface area contributed by atoms with Gasteiger partial charge in [0.2, 0.25) is 0 Å². The summed E-state index contributed by atoms with van der Waals surface area (Å²) in [4.78, 5) is 11.4. The zero-order valence-corrected chi connectivity index (χ0v) is 15.8. The van der Waals surface area contributed by atoms with Gasteiger partial charge in [-0.3, -0.25) is 10.1 Å². The average Bonchev–Trinajstić information content (AvgIpc) is 3.18. The molecule has 146 valence electrons. The molecule has 0 bridgehead atoms. The maximum Gasteiger partial charge on any atom is 0.147 e. The Kier molecular flexibility index (Phi) is 4.44. The van der Waals surface area contributed by atoms with Crippen molar-refractivity contribution >= 4 is 16.7 Å². The van der Waals surface area contributed by atoms with E-state index >= 15 is 0 Å². The molecule has 29 heavy (non-hydrogen) atoms. The highest BCUT2D eigenvalue weighted by atomic mass is 19.1. The normalized spacial score (nSPS) is 15.2. The number of piperidine rings is 1. The molecule has 7 heteroatoms. The number of hydrogen-bond donors (Lipinski definition) is 2. The summed E-state index contributed by atoms with van der Waals surface area (Å²) in [5.41, 5.74) is 9.64. The van der Waals surface area contributed by atoms with Crippen molar-refractivity contribution in [2.24, 2.45) is 5.73 Å². The number of nitrogens with one attached hydrogen (secondary N) is 1. The highest BCUT2D eigenvalue weighted by Gasteiger charge is 2.19. The van der Waals surface area contributed by atoms with E-state index in [9.17, 15) is 4.39 Å². The van der Waals surface area contributed by atoms with Crippen molar-refractivity contribution in [1.82, 2.24) is 20.2 Å². The predicted octanol–water partition coefficient (Wildman–Crippen LogP) is 3.75. The van der Waals surface area contributed by atoms with E-state index in [1.165, 1.54) is 6.07 Å². The molecule has 5 rings (SSSR count). The van der Waals surface area contributed by atoms with Crippen LogP contribution in [0.2, 0.25) is 0 Å². The Morgan fingerprint density at radius 1 is 1.07 bits per heavy atom. The summed E-state index contributed by atoms with van der Waals surface area (Å²) in [6, 6.07) is 12.8. The number of aromatic nitrogens is 4. The lowest BCUT2D eigenvalue weighted by molar-refractivity contribution is 0.498. The fourth-order valence-electron chi connectivity index (χ4n) is 3.82. The lowest BCUT2D eigenvalue weighted by Gasteiger charge is -2.30. The Hall–Kier alpha value is -3.32. The van der Waals surface area contributed by atoms with Crippen molar-refractivity contribution in [2.45, 2.75) is 18.9 Å². The zero-order chi connectivity index (χ0) is 19.8. The van der Waals surface area contributed by atoms with Crippen LogP contribution in [0.3, 0.4) is 0 Å². The molecule has 0 aliphatic carbocycles. The first-order valence-corrected chi connectivity index (χ1v) is 9.75. The van der Waals surface area contributed by atoms with E-state index in [0.29, 0.717) is 17.0 Å². The molecule has 1 saturated heterocycles. The molecule has 1 fully saturated rings. The Labute approximate surface area is 167 Å². The monoisotopic (exact) mass is 388 g/mol. The van der Waals surface area contributed by atoms with Gasteiger partial charge in [0, 0.05) is 30.1 Å². The summed E-state index contributed by atoms with van der Waals surface area (Å²) in [5.74, 6) is 0.581. The molecule has 0 radical (unpaired) electrons. The molecule has 0 unspecified atom stereocenters. The molecule has 2 aromatic carbocycles. The molecule has 3 heterocycles. The molecule has 4 aromatic rings. The maximum absolute atomic E-state index is 14.3. The van der Waals surface area contributed by atoms with Crippen LogP contribution < -0.4 is 10.6 Å². The van der Waals surface area contributed by atoms with Crippen molar-refractivity contribution in [1.29, 1.82) is 0 Å². The van der Waals surface area contributed by atoms with Crippen LogP contribution >= 0.6 is 0 Å². The van der Waals surface area contributed by atoms with E-state index in [4.69, 9.17) is 10.7 Å². The van der Waals surface area contributed by atoms with Crippen molar-refractivity contribution in [3.8, 4) is 22.5 Å². The van der Waals surface area contributed by atoms with Gasteiger partial charge in [-0.05, 0) is 36.6 Å². The van der Waals surface area contributed by atoms with Crippen molar-refractivity contribution < 1.29 is 4.39 Å². The molecule has 1 aliphatic rings. The number of halogens is 1. The summed E-state index contributed by atoms with van der Waals surface area (Å²) in [6.07, 6.45) is 5.39. The van der Waals surface area contributed by atoms with Crippen LogP contribution in [0.4, 0.5) is 10.2 Å². The van der Waals surface area contributed by atoms with E-state index in [2.05, 4.69) is 20.1 Å². The first kappa shape index (κ1) is 17.8. The van der Waals surface area contributed by atoms with E-state index in [1.807, 2.05) is 24.3 Å². The fraction of sp³-hybridized carbons (Fsp3) is 0.227. The van der Waals surface area contributed by atoms with Crippen LogP contribution in [0.25, 0.3) is 33.4 Å². The van der Waals surface area contributed by atoms with Gasteiger partial charge in [-0.1, -0.05) is 24.3 Å². The Morgan fingerprint density at radius 3 is 2.72 bits per heavy atom. The number of nitrogens with zero attached hydrogens (tertiary/aromatic N) is 4. The standard InChI is InChI=1S/C22H21FN6/c23-18-4-2-1-3-16(18)14-5-6-19-17(11-14)22(28-27-19)20-12-25-13-21(26-20)29-9-7-15(24)8-10-29/h1-6,11-13,15H,7-10,24H2,(H,27,28). The molecule has 1 aliphatic heterocycles. The summed E-state index contributed by atoms with van der Waals surface area (Å²) >= 11 is 0. The molecule has 6 nitrogen and oxygen atoms in total. The van der Waals surface area contributed by atoms with Crippen LogP contribution in [0.5, 0.6) is 0 Å². The van der Waals surface area contributed by atoms with E-state index in [1.54, 1.807) is 24.5 Å². The van der Waals surface area contributed by atoms with Crippen molar-refractivity contribution in [3.05, 3.63) is 60.7 Å². The molecule has 0 spiro atoms. The maximum atomic E-state index is 14.3. The number of benzene rings is 2. The zero-order valence-electron chi connectivity index (χ0n) is 15.8. The van der Waals surface area contributed by atoms with Crippen LogP contribution in [0.1, 0.15) is 12.8 Å². The highest BCUT2D eigenvalue weighted by molar-refractivity contribution is 5.95. The molecular formula is C22H21FN6. The molecule has 0 atom stereocenters. The molecule has 3 N–H and O–H groups in total. The van der Waals surface area contributed by atoms with Gasteiger partial charge in [0.1, 0.15) is 23.0 Å². The van der Waals surface area contributed by atoms with E-state index in [0.717, 1.165) is 48.2 Å². The van der Waals surface area contributed by atoms with Gasteiger partial charge < -0.3 is 10.6 Å². The van der Waals surface area contributed by atoms with Gasteiger partial charge in [-0.25, -0.2) is 9.37 Å². The second-order valence-corrected chi connectivity index (χ2v) is 7.40. The number of aromatic amines is 1. The second-order valence-electron chi connectivity index (χ2n) is 7.40. The quantitative estimate of drug-likeness (QED) is 0.558. The number of nitrogens with two attached hydrogens (primary N) is 1. The van der Waals surface area contributed by atoms with Crippen molar-refractivity contribution in [3.63, 3.8) is 0 Å². The van der Waals surface area contributed by atoms with Crippen molar-refractivity contribution in [2.75, 3.05) is 18.0 Å². The SMILES string of the molecule is NC1CCN(c2cncc(-c3n[nH]c4ccc(-c5ccccc5F)cc34)n2)CC1. The third-order valence-electron chi connectivity index (χ3n) is 5.48. The van der Waals surface area contributed by atoms with Gasteiger partial charge in [-0.15, -0.1) is 0 Å². The van der Waals surface area contributed by atoms with Gasteiger partial charge in [0.05, 0.1) is 17.9 Å². The predicted molar refractivity (Wildman–Crippen MR) is 112 cm³/mol. The second kappa shape index (κ2) is 7.25. The van der Waals surface area contributed by atoms with Crippen LogP contribution in [-0.4, -0.2) is 39.3 Å².